The van der Waals surface area contributed by atoms with Gasteiger partial charge in [-0.3, -0.25) is 0 Å². The minimum absolute atomic E-state index is 0.0742. The average Bonchev–Trinajstić information content (AvgIpc) is 2.63. The van der Waals surface area contributed by atoms with Crippen LogP contribution in [0.5, 0.6) is 0 Å². The van der Waals surface area contributed by atoms with Crippen molar-refractivity contribution in [2.45, 2.75) is 77.9 Å². The van der Waals surface area contributed by atoms with Crippen molar-refractivity contribution in [1.82, 2.24) is 0 Å². The van der Waals surface area contributed by atoms with E-state index >= 15 is 0 Å². The highest BCUT2D eigenvalue weighted by atomic mass is 28.4. The zero-order chi connectivity index (χ0) is 22.1. The lowest BCUT2D eigenvalue weighted by Crippen LogP contribution is -2.43. The lowest BCUT2D eigenvalue weighted by molar-refractivity contribution is -0.136. The van der Waals surface area contributed by atoms with E-state index in [0.717, 1.165) is 0 Å². The van der Waals surface area contributed by atoms with Gasteiger partial charge in [0.05, 0.1) is 6.61 Å². The maximum Gasteiger partial charge on any atom is 0.384 e. The van der Waals surface area contributed by atoms with Crippen molar-refractivity contribution in [2.75, 3.05) is 6.61 Å². The van der Waals surface area contributed by atoms with Crippen LogP contribution in [0.1, 0.15) is 40.5 Å². The third-order valence-corrected chi connectivity index (χ3v) is 12.3. The Balaban J connectivity index is 2.89. The molecule has 1 aromatic carbocycles. The van der Waals surface area contributed by atoms with E-state index in [-0.39, 0.29) is 11.1 Å². The first-order chi connectivity index (χ1) is 13.4. The number of benzene rings is 1. The highest BCUT2D eigenvalue weighted by Crippen LogP contribution is 2.37. The van der Waals surface area contributed by atoms with Gasteiger partial charge in [-0.15, -0.1) is 11.5 Å². The Morgan fingerprint density at radius 3 is 2.28 bits per heavy atom. The smallest absolute Gasteiger partial charge is 0.384 e. The molecule has 3 nitrogen and oxygen atoms in total. The van der Waals surface area contributed by atoms with E-state index in [4.69, 9.17) is 9.16 Å². The molecule has 0 aromatic heterocycles. The maximum atomic E-state index is 11.7. The van der Waals surface area contributed by atoms with Crippen LogP contribution in [-0.2, 0) is 14.0 Å². The van der Waals surface area contributed by atoms with Crippen LogP contribution in [0.15, 0.2) is 30.3 Å². The van der Waals surface area contributed by atoms with Crippen molar-refractivity contribution in [3.05, 3.63) is 30.3 Å². The predicted octanol–water partition coefficient (Wildman–Crippen LogP) is 4.88. The fourth-order valence-corrected chi connectivity index (χ4v) is 5.39. The number of hydrogen-bond donors (Lipinski definition) is 0. The number of carbonyl (C=O) groups excluding carboxylic acids is 1. The second-order valence-electron chi connectivity index (χ2n) is 9.19. The molecule has 0 saturated heterocycles. The largest absolute Gasteiger partial charge is 0.456 e. The first-order valence-electron chi connectivity index (χ1n) is 10.3. The summed E-state index contributed by atoms with van der Waals surface area (Å²) in [6, 6.07) is 10.5. The van der Waals surface area contributed by atoms with Crippen LogP contribution < -0.4 is 5.19 Å². The van der Waals surface area contributed by atoms with E-state index in [1.807, 2.05) is 6.07 Å². The van der Waals surface area contributed by atoms with Crippen LogP contribution in [0.25, 0.3) is 0 Å². The van der Waals surface area contributed by atoms with Gasteiger partial charge in [0, 0.05) is 12.3 Å². The third kappa shape index (κ3) is 8.62. The normalized spacial score (nSPS) is 12.8. The van der Waals surface area contributed by atoms with E-state index in [9.17, 15) is 4.79 Å². The molecule has 0 aliphatic rings. The standard InChI is InChI=1S/C24H36O3Si2/c1-9-26-23(25)19-18-21(27-29(7,8)24(2,3)4)15-13-14-20-28(5,6)22-16-11-10-12-17-22/h10-12,16-17,21H,9,13,15H2,1-8H3. The van der Waals surface area contributed by atoms with Gasteiger partial charge in [-0.05, 0) is 36.7 Å². The van der Waals surface area contributed by atoms with Gasteiger partial charge in [0.15, 0.2) is 16.4 Å². The molecule has 0 spiro atoms. The van der Waals surface area contributed by atoms with Gasteiger partial charge < -0.3 is 9.16 Å². The van der Waals surface area contributed by atoms with E-state index in [1.165, 1.54) is 5.19 Å². The van der Waals surface area contributed by atoms with Crippen molar-refractivity contribution >= 4 is 27.5 Å². The van der Waals surface area contributed by atoms with Crippen LogP contribution in [0.4, 0.5) is 0 Å². The summed E-state index contributed by atoms with van der Waals surface area (Å²) >= 11 is 0. The molecule has 29 heavy (non-hydrogen) atoms. The molecule has 5 heteroatoms. The third-order valence-electron chi connectivity index (χ3n) is 5.28. The van der Waals surface area contributed by atoms with Gasteiger partial charge in [-0.1, -0.05) is 70.1 Å². The van der Waals surface area contributed by atoms with E-state index in [0.29, 0.717) is 19.4 Å². The number of carbonyl (C=O) groups is 1. The van der Waals surface area contributed by atoms with Crippen molar-refractivity contribution < 1.29 is 14.0 Å². The first-order valence-corrected chi connectivity index (χ1v) is 16.2. The minimum atomic E-state index is -2.00. The molecule has 1 aromatic rings. The molecule has 1 atom stereocenters. The summed E-state index contributed by atoms with van der Waals surface area (Å²) in [5, 5.41) is 1.41. The molecule has 0 aliphatic carbocycles. The van der Waals surface area contributed by atoms with Crippen molar-refractivity contribution in [2.24, 2.45) is 0 Å². The fourth-order valence-electron chi connectivity index (χ4n) is 2.41. The Kier molecular flexibility index (Phi) is 9.43. The lowest BCUT2D eigenvalue weighted by Gasteiger charge is -2.38. The van der Waals surface area contributed by atoms with E-state index < -0.39 is 22.4 Å². The maximum absolute atomic E-state index is 11.7. The molecular formula is C24H36O3Si2. The SMILES string of the molecule is CCOC(=O)C#CC(CCC#C[Si](C)(C)c1ccccc1)O[Si](C)(C)C(C)(C)C. The Hall–Kier alpha value is -1.80. The molecule has 0 amide bonds. The summed E-state index contributed by atoms with van der Waals surface area (Å²) in [4.78, 5) is 11.7. The quantitative estimate of drug-likeness (QED) is 0.280. The molecule has 1 rings (SSSR count). The van der Waals surface area contributed by atoms with Crippen molar-refractivity contribution in [1.29, 1.82) is 0 Å². The molecule has 0 radical (unpaired) electrons. The van der Waals surface area contributed by atoms with E-state index in [1.54, 1.807) is 6.92 Å². The highest BCUT2D eigenvalue weighted by molar-refractivity contribution is 6.96. The Labute approximate surface area is 179 Å². The second-order valence-corrected chi connectivity index (χ2v) is 18.0. The van der Waals surface area contributed by atoms with Crippen LogP contribution in [0, 0.1) is 23.3 Å². The highest BCUT2D eigenvalue weighted by Gasteiger charge is 2.38. The van der Waals surface area contributed by atoms with Gasteiger partial charge >= 0.3 is 5.97 Å². The summed E-state index contributed by atoms with van der Waals surface area (Å²) < 4.78 is 11.4. The van der Waals surface area contributed by atoms with Crippen molar-refractivity contribution in [3.8, 4) is 23.3 Å². The van der Waals surface area contributed by atoms with E-state index in [2.05, 4.69) is 94.5 Å². The zero-order valence-corrected chi connectivity index (χ0v) is 21.3. The van der Waals surface area contributed by atoms with Crippen LogP contribution in [0.2, 0.25) is 31.2 Å². The molecular weight excluding hydrogens is 392 g/mol. The van der Waals surface area contributed by atoms with Gasteiger partial charge in [-0.25, -0.2) is 4.79 Å². The molecule has 0 fully saturated rings. The van der Waals surface area contributed by atoms with Crippen LogP contribution in [0.3, 0.4) is 0 Å². The molecule has 0 N–H and O–H groups in total. The van der Waals surface area contributed by atoms with Crippen LogP contribution in [-0.4, -0.2) is 35.1 Å². The topological polar surface area (TPSA) is 35.5 Å². The molecule has 0 aliphatic heterocycles. The lowest BCUT2D eigenvalue weighted by atomic mass is 10.2. The Morgan fingerprint density at radius 1 is 1.10 bits per heavy atom. The monoisotopic (exact) mass is 428 g/mol. The predicted molar refractivity (Wildman–Crippen MR) is 127 cm³/mol. The van der Waals surface area contributed by atoms with Gasteiger partial charge in [-0.2, -0.15) is 0 Å². The Morgan fingerprint density at radius 2 is 1.72 bits per heavy atom. The fraction of sp³-hybridized carbons (Fsp3) is 0.542. The summed E-state index contributed by atoms with van der Waals surface area (Å²) in [6.45, 7) is 17.6. The summed E-state index contributed by atoms with van der Waals surface area (Å²) in [5.74, 6) is 8.44. The summed E-state index contributed by atoms with van der Waals surface area (Å²) in [7, 11) is -3.78. The number of esters is 1. The first kappa shape index (κ1) is 25.2. The summed E-state index contributed by atoms with van der Waals surface area (Å²) in [6.07, 6.45) is 1.07. The molecule has 158 valence electrons. The van der Waals surface area contributed by atoms with Crippen molar-refractivity contribution in [3.63, 3.8) is 0 Å². The summed E-state index contributed by atoms with van der Waals surface area (Å²) in [5.41, 5.74) is 3.51. The minimum Gasteiger partial charge on any atom is -0.456 e. The Bertz CT molecular complexity index is 785. The number of rotatable bonds is 6. The number of hydrogen-bond acceptors (Lipinski definition) is 3. The average molecular weight is 429 g/mol. The second kappa shape index (κ2) is 10.8. The zero-order valence-electron chi connectivity index (χ0n) is 19.3. The molecule has 1 unspecified atom stereocenters. The van der Waals surface area contributed by atoms with Crippen LogP contribution >= 0.6 is 0 Å². The van der Waals surface area contributed by atoms with Gasteiger partial charge in [0.25, 0.3) is 0 Å². The molecule has 0 saturated carbocycles. The van der Waals surface area contributed by atoms with Gasteiger partial charge in [0.1, 0.15) is 6.10 Å². The number of ether oxygens (including phenoxy) is 1. The van der Waals surface area contributed by atoms with Gasteiger partial charge in [0.2, 0.25) is 0 Å². The molecule has 0 heterocycles. The molecule has 0 bridgehead atoms.